The van der Waals surface area contributed by atoms with E-state index >= 15 is 0 Å². The first-order chi connectivity index (χ1) is 12.5. The smallest absolute Gasteiger partial charge is 0.223 e. The van der Waals surface area contributed by atoms with Crippen LogP contribution in [0.5, 0.6) is 0 Å². The van der Waals surface area contributed by atoms with Crippen molar-refractivity contribution in [2.45, 2.75) is 32.6 Å². The largest absolute Gasteiger partial charge is 0.355 e. The zero-order chi connectivity index (χ0) is 18.6. The number of carbonyl (C=O) groups is 1. The molecular formula is C18H25N3O3S2. The number of rotatable bonds is 7. The first-order valence-electron chi connectivity index (χ1n) is 9.09. The lowest BCUT2D eigenvalue weighted by atomic mass is 9.97. The van der Waals surface area contributed by atoms with Gasteiger partial charge in [-0.3, -0.25) is 4.79 Å². The molecule has 1 aromatic heterocycles. The number of fused-ring (bicyclic) bond motifs is 1. The minimum atomic E-state index is -3.15. The second kappa shape index (κ2) is 8.45. The molecule has 0 atom stereocenters. The number of para-hydroxylation sites is 1. The molecular weight excluding hydrogens is 370 g/mol. The van der Waals surface area contributed by atoms with Crippen LogP contribution in [-0.4, -0.2) is 49.0 Å². The van der Waals surface area contributed by atoms with Crippen LogP contribution in [0.25, 0.3) is 10.2 Å². The van der Waals surface area contributed by atoms with Gasteiger partial charge in [-0.25, -0.2) is 17.7 Å². The normalized spacial score (nSPS) is 16.8. The van der Waals surface area contributed by atoms with Gasteiger partial charge >= 0.3 is 0 Å². The average molecular weight is 396 g/mol. The molecule has 1 aromatic carbocycles. The molecule has 1 amide bonds. The molecule has 142 valence electrons. The summed E-state index contributed by atoms with van der Waals surface area (Å²) in [7, 11) is -3.15. The first-order valence-corrected chi connectivity index (χ1v) is 11.5. The van der Waals surface area contributed by atoms with Crippen LogP contribution in [0.15, 0.2) is 24.3 Å². The second-order valence-corrected chi connectivity index (χ2v) is 9.81. The van der Waals surface area contributed by atoms with Gasteiger partial charge in [-0.1, -0.05) is 19.1 Å². The van der Waals surface area contributed by atoms with E-state index in [1.165, 1.54) is 4.31 Å². The fourth-order valence-corrected chi connectivity index (χ4v) is 5.76. The van der Waals surface area contributed by atoms with Crippen LogP contribution in [-0.2, 0) is 21.2 Å². The number of amides is 1. The lowest BCUT2D eigenvalue weighted by Crippen LogP contribution is -2.44. The van der Waals surface area contributed by atoms with Gasteiger partial charge in [-0.2, -0.15) is 0 Å². The Bertz CT molecular complexity index is 822. The molecule has 3 rings (SSSR count). The summed E-state index contributed by atoms with van der Waals surface area (Å²) in [5.74, 6) is 0.114. The molecule has 8 heteroatoms. The number of nitrogens with one attached hydrogen (secondary N) is 1. The Morgan fingerprint density at radius 3 is 2.73 bits per heavy atom. The van der Waals surface area contributed by atoms with Crippen molar-refractivity contribution >= 4 is 37.5 Å². The summed E-state index contributed by atoms with van der Waals surface area (Å²) in [5.41, 5.74) is 1.000. The van der Waals surface area contributed by atoms with Crippen LogP contribution >= 0.6 is 11.3 Å². The fourth-order valence-electron chi connectivity index (χ4n) is 3.25. The molecule has 1 N–H and O–H groups in total. The first kappa shape index (κ1) is 19.3. The summed E-state index contributed by atoms with van der Waals surface area (Å²) in [6.45, 7) is 3.31. The van der Waals surface area contributed by atoms with Crippen LogP contribution in [0.2, 0.25) is 0 Å². The monoisotopic (exact) mass is 395 g/mol. The van der Waals surface area contributed by atoms with Crippen molar-refractivity contribution in [2.24, 2.45) is 5.92 Å². The van der Waals surface area contributed by atoms with Gasteiger partial charge in [0.15, 0.2) is 0 Å². The molecule has 2 aromatic rings. The third kappa shape index (κ3) is 4.61. The van der Waals surface area contributed by atoms with E-state index in [-0.39, 0.29) is 17.6 Å². The average Bonchev–Trinajstić information content (AvgIpc) is 3.04. The molecule has 1 fully saturated rings. The van der Waals surface area contributed by atoms with Gasteiger partial charge in [0.1, 0.15) is 0 Å². The Morgan fingerprint density at radius 1 is 1.31 bits per heavy atom. The number of nitrogens with zero attached hydrogens (tertiary/aromatic N) is 2. The third-order valence-corrected chi connectivity index (χ3v) is 7.83. The maximum atomic E-state index is 12.3. The van der Waals surface area contributed by atoms with Gasteiger partial charge in [-0.15, -0.1) is 11.3 Å². The van der Waals surface area contributed by atoms with Crippen LogP contribution < -0.4 is 5.32 Å². The Hall–Kier alpha value is -1.51. The quantitative estimate of drug-likeness (QED) is 0.781. The highest BCUT2D eigenvalue weighted by atomic mass is 32.2. The number of hydrogen-bond donors (Lipinski definition) is 1. The molecule has 1 saturated heterocycles. The van der Waals surface area contributed by atoms with E-state index in [0.29, 0.717) is 38.9 Å². The van der Waals surface area contributed by atoms with Gasteiger partial charge in [-0.05, 0) is 31.4 Å². The van der Waals surface area contributed by atoms with E-state index in [0.717, 1.165) is 21.6 Å². The number of sulfonamides is 1. The number of benzene rings is 1. The number of thiazole rings is 1. The number of carbonyl (C=O) groups excluding carboxylic acids is 1. The standard InChI is InChI=1S/C18H25N3O3S2/c1-2-13-26(23,24)21-11-8-14(9-12-21)18(22)19-10-7-17-20-15-5-3-4-6-16(15)25-17/h3-6,14H,2,7-13H2,1H3,(H,19,22). The van der Waals surface area contributed by atoms with Gasteiger partial charge in [0.2, 0.25) is 15.9 Å². The molecule has 1 aliphatic rings. The summed E-state index contributed by atoms with van der Waals surface area (Å²) < 4.78 is 26.9. The minimum absolute atomic E-state index is 0.0265. The Labute approximate surface area is 158 Å². The molecule has 0 unspecified atom stereocenters. The Kier molecular flexibility index (Phi) is 6.26. The maximum absolute atomic E-state index is 12.3. The van der Waals surface area contributed by atoms with Gasteiger partial charge < -0.3 is 5.32 Å². The van der Waals surface area contributed by atoms with Crippen molar-refractivity contribution in [3.8, 4) is 0 Å². The number of aromatic nitrogens is 1. The lowest BCUT2D eigenvalue weighted by molar-refractivity contribution is -0.126. The summed E-state index contributed by atoms with van der Waals surface area (Å²) in [6, 6.07) is 8.02. The Morgan fingerprint density at radius 2 is 2.04 bits per heavy atom. The highest BCUT2D eigenvalue weighted by molar-refractivity contribution is 7.89. The molecule has 26 heavy (non-hydrogen) atoms. The molecule has 0 bridgehead atoms. The molecule has 2 heterocycles. The molecule has 0 spiro atoms. The highest BCUT2D eigenvalue weighted by Crippen LogP contribution is 2.22. The van der Waals surface area contributed by atoms with Crippen molar-refractivity contribution in [3.05, 3.63) is 29.3 Å². The third-order valence-electron chi connectivity index (χ3n) is 4.66. The predicted octanol–water partition coefficient (Wildman–Crippen LogP) is 2.41. The zero-order valence-electron chi connectivity index (χ0n) is 15.0. The van der Waals surface area contributed by atoms with E-state index < -0.39 is 10.0 Å². The van der Waals surface area contributed by atoms with Crippen molar-refractivity contribution in [3.63, 3.8) is 0 Å². The maximum Gasteiger partial charge on any atom is 0.223 e. The van der Waals surface area contributed by atoms with E-state index in [2.05, 4.69) is 16.4 Å². The summed E-state index contributed by atoms with van der Waals surface area (Å²) in [4.78, 5) is 16.9. The van der Waals surface area contributed by atoms with Crippen LogP contribution in [0, 0.1) is 5.92 Å². The minimum Gasteiger partial charge on any atom is -0.355 e. The molecule has 0 saturated carbocycles. The summed E-state index contributed by atoms with van der Waals surface area (Å²) in [6.07, 6.45) is 2.52. The number of piperidine rings is 1. The van der Waals surface area contributed by atoms with Crippen LogP contribution in [0.3, 0.4) is 0 Å². The Balaban J connectivity index is 1.44. The van der Waals surface area contributed by atoms with Crippen molar-refractivity contribution in [1.82, 2.24) is 14.6 Å². The predicted molar refractivity (Wildman–Crippen MR) is 105 cm³/mol. The van der Waals surface area contributed by atoms with E-state index in [4.69, 9.17) is 0 Å². The van der Waals surface area contributed by atoms with Crippen molar-refractivity contribution in [1.29, 1.82) is 0 Å². The zero-order valence-corrected chi connectivity index (χ0v) is 16.6. The van der Waals surface area contributed by atoms with E-state index in [1.54, 1.807) is 11.3 Å². The van der Waals surface area contributed by atoms with Crippen molar-refractivity contribution in [2.75, 3.05) is 25.4 Å². The molecule has 1 aliphatic heterocycles. The topological polar surface area (TPSA) is 79.4 Å². The number of hydrogen-bond acceptors (Lipinski definition) is 5. The summed E-state index contributed by atoms with van der Waals surface area (Å²) >= 11 is 1.66. The SMILES string of the molecule is CCCS(=O)(=O)N1CCC(C(=O)NCCc2nc3ccccc3s2)CC1. The van der Waals surface area contributed by atoms with E-state index in [1.807, 2.05) is 25.1 Å². The molecule has 0 radical (unpaired) electrons. The highest BCUT2D eigenvalue weighted by Gasteiger charge is 2.30. The lowest BCUT2D eigenvalue weighted by Gasteiger charge is -2.30. The summed E-state index contributed by atoms with van der Waals surface area (Å²) in [5, 5.41) is 4.00. The second-order valence-electron chi connectivity index (χ2n) is 6.61. The van der Waals surface area contributed by atoms with Crippen LogP contribution in [0.4, 0.5) is 0 Å². The van der Waals surface area contributed by atoms with Crippen LogP contribution in [0.1, 0.15) is 31.2 Å². The van der Waals surface area contributed by atoms with E-state index in [9.17, 15) is 13.2 Å². The van der Waals surface area contributed by atoms with Gasteiger partial charge in [0, 0.05) is 32.0 Å². The van der Waals surface area contributed by atoms with Crippen molar-refractivity contribution < 1.29 is 13.2 Å². The fraction of sp³-hybridized carbons (Fsp3) is 0.556. The molecule has 0 aliphatic carbocycles. The van der Waals surface area contributed by atoms with Gasteiger partial charge in [0.25, 0.3) is 0 Å². The molecule has 6 nitrogen and oxygen atoms in total. The van der Waals surface area contributed by atoms with Gasteiger partial charge in [0.05, 0.1) is 21.0 Å².